The minimum Gasteiger partial charge on any atom is -0.341 e. The van der Waals surface area contributed by atoms with Gasteiger partial charge in [0.2, 0.25) is 17.6 Å². The molecular formula is C18H20N6O2. The first-order chi connectivity index (χ1) is 12.8. The normalized spacial score (nSPS) is 19.0. The summed E-state index contributed by atoms with van der Waals surface area (Å²) < 4.78 is 5.45. The Labute approximate surface area is 149 Å². The van der Waals surface area contributed by atoms with Gasteiger partial charge < -0.3 is 9.42 Å². The summed E-state index contributed by atoms with van der Waals surface area (Å²) in [4.78, 5) is 19.0. The zero-order chi connectivity index (χ0) is 17.5. The Morgan fingerprint density at radius 1 is 1.12 bits per heavy atom. The number of benzene rings is 1. The van der Waals surface area contributed by atoms with Gasteiger partial charge in [0.15, 0.2) is 0 Å². The lowest BCUT2D eigenvalue weighted by molar-refractivity contribution is -0.141. The lowest BCUT2D eigenvalue weighted by Gasteiger charge is -2.39. The summed E-state index contributed by atoms with van der Waals surface area (Å²) in [5.41, 5.74) is 2.41. The fourth-order valence-corrected chi connectivity index (χ4v) is 3.92. The molecule has 1 aliphatic heterocycles. The van der Waals surface area contributed by atoms with E-state index in [-0.39, 0.29) is 11.8 Å². The van der Waals surface area contributed by atoms with Crippen LogP contribution in [0.25, 0.3) is 22.4 Å². The summed E-state index contributed by atoms with van der Waals surface area (Å²) in [5, 5.41) is 14.8. The lowest BCUT2D eigenvalue weighted by atomic mass is 9.86. The number of hydrogen-bond donors (Lipinski definition) is 1. The van der Waals surface area contributed by atoms with E-state index in [1.165, 1.54) is 19.3 Å². The Morgan fingerprint density at radius 2 is 1.92 bits per heavy atom. The zero-order valence-corrected chi connectivity index (χ0v) is 14.4. The highest BCUT2D eigenvalue weighted by molar-refractivity contribution is 5.80. The molecule has 1 N–H and O–H groups in total. The first kappa shape index (κ1) is 15.5. The van der Waals surface area contributed by atoms with Gasteiger partial charge in [0.05, 0.1) is 5.92 Å². The van der Waals surface area contributed by atoms with Crippen LogP contribution in [0.4, 0.5) is 0 Å². The number of rotatable bonds is 3. The summed E-state index contributed by atoms with van der Waals surface area (Å²) in [7, 11) is 0. The molecule has 0 spiro atoms. The van der Waals surface area contributed by atoms with E-state index in [0.717, 1.165) is 29.4 Å². The van der Waals surface area contributed by atoms with E-state index in [4.69, 9.17) is 4.52 Å². The highest BCUT2D eigenvalue weighted by Crippen LogP contribution is 2.32. The van der Waals surface area contributed by atoms with Gasteiger partial charge in [-0.05, 0) is 31.0 Å². The van der Waals surface area contributed by atoms with Crippen LogP contribution >= 0.6 is 0 Å². The Balaban J connectivity index is 1.26. The highest BCUT2D eigenvalue weighted by Gasteiger charge is 2.38. The smallest absolute Gasteiger partial charge is 0.233 e. The van der Waals surface area contributed by atoms with Crippen LogP contribution in [-0.4, -0.2) is 49.4 Å². The average Bonchev–Trinajstić information content (AvgIpc) is 3.30. The van der Waals surface area contributed by atoms with E-state index in [1.54, 1.807) is 0 Å². The van der Waals surface area contributed by atoms with Crippen LogP contribution in [0, 0.1) is 5.92 Å². The van der Waals surface area contributed by atoms with Gasteiger partial charge in [-0.15, -0.1) is 0 Å². The largest absolute Gasteiger partial charge is 0.341 e. The quantitative estimate of drug-likeness (QED) is 0.777. The molecule has 3 aromatic rings. The molecule has 1 saturated heterocycles. The molecule has 0 atom stereocenters. The van der Waals surface area contributed by atoms with Crippen LogP contribution in [0.2, 0.25) is 0 Å². The molecule has 8 heteroatoms. The number of fused-ring (bicyclic) bond motifs is 1. The van der Waals surface area contributed by atoms with Gasteiger partial charge in [-0.1, -0.05) is 24.4 Å². The minimum absolute atomic E-state index is 0.138. The summed E-state index contributed by atoms with van der Waals surface area (Å²) >= 11 is 0. The third kappa shape index (κ3) is 2.65. The van der Waals surface area contributed by atoms with Gasteiger partial charge in [0.1, 0.15) is 11.0 Å². The van der Waals surface area contributed by atoms with Crippen molar-refractivity contribution in [3.05, 3.63) is 24.1 Å². The number of carbonyl (C=O) groups is 1. The fraction of sp³-hybridized carbons (Fsp3) is 0.500. The molecule has 26 heavy (non-hydrogen) atoms. The topological polar surface area (TPSA) is 101 Å². The van der Waals surface area contributed by atoms with Crippen LogP contribution in [-0.2, 0) is 4.79 Å². The summed E-state index contributed by atoms with van der Waals surface area (Å²) in [6.07, 6.45) is 5.69. The van der Waals surface area contributed by atoms with E-state index in [2.05, 4.69) is 25.6 Å². The van der Waals surface area contributed by atoms with Crippen molar-refractivity contribution >= 4 is 16.9 Å². The first-order valence-corrected chi connectivity index (χ1v) is 9.21. The number of aromatic amines is 1. The van der Waals surface area contributed by atoms with Crippen molar-refractivity contribution in [3.8, 4) is 11.4 Å². The maximum absolute atomic E-state index is 12.5. The van der Waals surface area contributed by atoms with E-state index in [0.29, 0.717) is 30.7 Å². The number of carbonyl (C=O) groups excluding carboxylic acids is 1. The highest BCUT2D eigenvalue weighted by atomic mass is 16.5. The molecule has 1 aromatic carbocycles. The molecule has 0 bridgehead atoms. The predicted molar refractivity (Wildman–Crippen MR) is 93.1 cm³/mol. The van der Waals surface area contributed by atoms with Crippen LogP contribution < -0.4 is 0 Å². The van der Waals surface area contributed by atoms with E-state index >= 15 is 0 Å². The summed E-state index contributed by atoms with van der Waals surface area (Å²) in [5.74, 6) is 1.81. The molecule has 5 rings (SSSR count). The summed E-state index contributed by atoms with van der Waals surface area (Å²) in [6.45, 7) is 1.36. The van der Waals surface area contributed by atoms with Crippen molar-refractivity contribution in [2.75, 3.05) is 13.1 Å². The van der Waals surface area contributed by atoms with Crippen LogP contribution in [0.3, 0.4) is 0 Å². The van der Waals surface area contributed by atoms with Gasteiger partial charge in [-0.25, -0.2) is 0 Å². The maximum Gasteiger partial charge on any atom is 0.233 e. The van der Waals surface area contributed by atoms with Crippen LogP contribution in [0.1, 0.15) is 43.9 Å². The van der Waals surface area contributed by atoms with Crippen molar-refractivity contribution < 1.29 is 9.32 Å². The number of amides is 1. The Kier molecular flexibility index (Phi) is 3.69. The van der Waals surface area contributed by atoms with E-state index < -0.39 is 0 Å². The van der Waals surface area contributed by atoms with Crippen molar-refractivity contribution in [2.45, 2.75) is 38.0 Å². The fourth-order valence-electron chi connectivity index (χ4n) is 3.92. The number of hydrogen-bond acceptors (Lipinski definition) is 6. The second kappa shape index (κ2) is 6.19. The molecule has 2 aromatic heterocycles. The van der Waals surface area contributed by atoms with Gasteiger partial charge in [0.25, 0.3) is 0 Å². The first-order valence-electron chi connectivity index (χ1n) is 9.21. The van der Waals surface area contributed by atoms with Crippen LogP contribution in [0.5, 0.6) is 0 Å². The molecule has 1 saturated carbocycles. The summed E-state index contributed by atoms with van der Waals surface area (Å²) in [6, 6.07) is 5.66. The van der Waals surface area contributed by atoms with Gasteiger partial charge in [-0.3, -0.25) is 4.79 Å². The maximum atomic E-state index is 12.5. The Hall–Kier alpha value is -2.77. The molecule has 2 fully saturated rings. The Morgan fingerprint density at radius 3 is 2.77 bits per heavy atom. The third-order valence-corrected chi connectivity index (χ3v) is 5.51. The van der Waals surface area contributed by atoms with E-state index in [1.807, 2.05) is 23.1 Å². The minimum atomic E-state index is 0.138. The molecule has 3 heterocycles. The zero-order valence-electron chi connectivity index (χ0n) is 14.4. The predicted octanol–water partition coefficient (Wildman–Crippen LogP) is 2.51. The third-order valence-electron chi connectivity index (χ3n) is 5.51. The number of nitrogens with zero attached hydrogens (tertiary/aromatic N) is 5. The van der Waals surface area contributed by atoms with Crippen molar-refractivity contribution in [3.63, 3.8) is 0 Å². The molecule has 2 aliphatic rings. The van der Waals surface area contributed by atoms with Gasteiger partial charge in [-0.2, -0.15) is 20.4 Å². The van der Waals surface area contributed by atoms with E-state index in [9.17, 15) is 4.79 Å². The number of likely N-dealkylation sites (tertiary alicyclic amines) is 1. The van der Waals surface area contributed by atoms with Crippen molar-refractivity contribution in [2.24, 2.45) is 5.92 Å². The SMILES string of the molecule is O=C(C1CCCCC1)N1CC(c2nc(-c3ccc4n[nH]nc4c3)no2)C1. The molecule has 0 radical (unpaired) electrons. The van der Waals surface area contributed by atoms with Gasteiger partial charge >= 0.3 is 0 Å². The second-order valence-electron chi connectivity index (χ2n) is 7.26. The van der Waals surface area contributed by atoms with Gasteiger partial charge in [0, 0.05) is 24.6 Å². The van der Waals surface area contributed by atoms with Crippen molar-refractivity contribution in [1.82, 2.24) is 30.5 Å². The van der Waals surface area contributed by atoms with Crippen molar-refractivity contribution in [1.29, 1.82) is 0 Å². The van der Waals surface area contributed by atoms with Crippen LogP contribution in [0.15, 0.2) is 22.7 Å². The molecule has 1 amide bonds. The molecule has 1 aliphatic carbocycles. The Bertz CT molecular complexity index is 936. The molecule has 0 unspecified atom stereocenters. The number of H-pyrrole nitrogens is 1. The standard InChI is InChI=1S/C18H20N6O2/c25-18(11-4-2-1-3-5-11)24-9-13(10-24)17-19-16(22-26-17)12-6-7-14-15(8-12)21-23-20-14/h6-8,11,13H,1-5,9-10H2,(H,20,21,23). The average molecular weight is 352 g/mol. The number of nitrogens with one attached hydrogen (secondary N) is 1. The monoisotopic (exact) mass is 352 g/mol. The number of aromatic nitrogens is 5. The lowest BCUT2D eigenvalue weighted by Crippen LogP contribution is -2.51. The molecular weight excluding hydrogens is 332 g/mol. The second-order valence-corrected chi connectivity index (χ2v) is 7.26. The molecule has 8 nitrogen and oxygen atoms in total. The molecule has 134 valence electrons.